The maximum Gasteiger partial charge on any atom is 0.416 e. The summed E-state index contributed by atoms with van der Waals surface area (Å²) in [5.41, 5.74) is 1.94. The van der Waals surface area contributed by atoms with Crippen LogP contribution in [0, 0.1) is 6.92 Å². The van der Waals surface area contributed by atoms with Crippen LogP contribution in [0.5, 0.6) is 5.75 Å². The molecule has 1 unspecified atom stereocenters. The first-order chi connectivity index (χ1) is 18.8. The van der Waals surface area contributed by atoms with Crippen LogP contribution < -0.4 is 13.9 Å². The number of carbonyl (C=O) groups is 1. The highest BCUT2D eigenvalue weighted by atomic mass is 35.5. The number of fused-ring (bicyclic) bond motifs is 1. The Hall–Kier alpha value is -3.44. The van der Waals surface area contributed by atoms with Gasteiger partial charge in [-0.2, -0.15) is 13.2 Å². The normalized spacial score (nSPS) is 17.7. The Morgan fingerprint density at radius 2 is 1.80 bits per heavy atom. The van der Waals surface area contributed by atoms with Crippen molar-refractivity contribution in [3.63, 3.8) is 0 Å². The molecule has 212 valence electrons. The van der Waals surface area contributed by atoms with Crippen molar-refractivity contribution in [2.75, 3.05) is 28.8 Å². The van der Waals surface area contributed by atoms with E-state index in [9.17, 15) is 26.4 Å². The lowest BCUT2D eigenvalue weighted by Gasteiger charge is -2.43. The number of anilines is 2. The molecule has 1 atom stereocenters. The number of halogens is 4. The number of hydrogen-bond acceptors (Lipinski definition) is 5. The molecule has 0 saturated carbocycles. The monoisotopic (exact) mass is 594 g/mol. The highest BCUT2D eigenvalue weighted by molar-refractivity contribution is 7.92. The van der Waals surface area contributed by atoms with Crippen molar-refractivity contribution in [3.8, 4) is 5.75 Å². The highest BCUT2D eigenvalue weighted by Gasteiger charge is 2.38. The molecule has 5 rings (SSSR count). The molecule has 2 heterocycles. The Balaban J connectivity index is 1.48. The van der Waals surface area contributed by atoms with Gasteiger partial charge in [-0.3, -0.25) is 9.10 Å². The fraction of sp³-hybridized carbons (Fsp3) is 0.321. The van der Waals surface area contributed by atoms with E-state index in [2.05, 4.69) is 4.90 Å². The van der Waals surface area contributed by atoms with E-state index in [0.29, 0.717) is 24.2 Å². The van der Waals surface area contributed by atoms with Crippen molar-refractivity contribution >= 4 is 39.0 Å². The zero-order valence-electron chi connectivity index (χ0n) is 21.4. The first kappa shape index (κ1) is 28.1. The number of nitrogens with zero attached hydrogens (tertiary/aromatic N) is 2. The van der Waals surface area contributed by atoms with E-state index in [4.69, 9.17) is 21.4 Å². The molecule has 0 amide bonds. The van der Waals surface area contributed by atoms with Crippen LogP contribution in [0.25, 0.3) is 0 Å². The minimum absolute atomic E-state index is 0.0277. The molecule has 3 aromatic rings. The second-order valence-electron chi connectivity index (χ2n) is 9.97. The first-order valence-electron chi connectivity index (χ1n) is 12.6. The van der Waals surface area contributed by atoms with Crippen LogP contribution in [0.2, 0.25) is 5.02 Å². The van der Waals surface area contributed by atoms with E-state index in [0.717, 1.165) is 39.3 Å². The molecule has 0 bridgehead atoms. The quantitative estimate of drug-likeness (QED) is 0.356. The van der Waals surface area contributed by atoms with Crippen LogP contribution >= 0.6 is 11.6 Å². The van der Waals surface area contributed by atoms with Gasteiger partial charge in [-0.05, 0) is 60.9 Å². The predicted molar refractivity (Wildman–Crippen MR) is 145 cm³/mol. The van der Waals surface area contributed by atoms with Crippen LogP contribution in [-0.4, -0.2) is 45.2 Å². The number of alkyl halides is 3. The third kappa shape index (κ3) is 5.44. The molecular weight excluding hydrogens is 569 g/mol. The third-order valence-electron chi connectivity index (χ3n) is 7.20. The number of carboxylic acids is 1. The molecule has 2 aliphatic rings. The number of ether oxygens (including phenoxy) is 1. The Morgan fingerprint density at radius 1 is 1.07 bits per heavy atom. The van der Waals surface area contributed by atoms with E-state index in [1.54, 1.807) is 12.1 Å². The number of hydrogen-bond donors (Lipinski definition) is 1. The molecule has 12 heteroatoms. The standard InChI is InChI=1S/C28H26ClF3N2O5S/c1-17-4-2-7-23(29)27(17)33-14-19(15-33)18-8-10-25-24(12-18)34(16-21(39-25)9-11-26(35)36)40(37,38)22-6-3-5-20(13-22)28(30,31)32/h2-8,10,12-13,19,21H,9,11,14-16H2,1H3,(H,35,36). The van der Waals surface area contributed by atoms with E-state index in [-0.39, 0.29) is 36.7 Å². The summed E-state index contributed by atoms with van der Waals surface area (Å²) >= 11 is 6.41. The molecule has 0 aliphatic carbocycles. The van der Waals surface area contributed by atoms with Gasteiger partial charge < -0.3 is 14.7 Å². The fourth-order valence-electron chi connectivity index (χ4n) is 5.10. The van der Waals surface area contributed by atoms with Crippen LogP contribution in [-0.2, 0) is 21.0 Å². The molecule has 1 fully saturated rings. The van der Waals surface area contributed by atoms with Crippen molar-refractivity contribution < 1.29 is 36.2 Å². The summed E-state index contributed by atoms with van der Waals surface area (Å²) in [4.78, 5) is 12.8. The fourth-order valence-corrected chi connectivity index (χ4v) is 6.99. The smallest absolute Gasteiger partial charge is 0.416 e. The van der Waals surface area contributed by atoms with Gasteiger partial charge in [0.05, 0.1) is 33.4 Å². The van der Waals surface area contributed by atoms with Crippen molar-refractivity contribution in [2.45, 2.75) is 42.9 Å². The van der Waals surface area contributed by atoms with Gasteiger partial charge in [0.2, 0.25) is 0 Å². The number of carboxylic acid groups (broad SMARTS) is 1. The summed E-state index contributed by atoms with van der Waals surface area (Å²) in [5.74, 6) is -0.789. The van der Waals surface area contributed by atoms with E-state index in [1.807, 2.05) is 31.2 Å². The number of sulfonamides is 1. The molecule has 1 saturated heterocycles. The van der Waals surface area contributed by atoms with Crippen molar-refractivity contribution in [1.29, 1.82) is 0 Å². The first-order valence-corrected chi connectivity index (χ1v) is 14.4. The maximum atomic E-state index is 13.8. The lowest BCUT2D eigenvalue weighted by molar-refractivity contribution is -0.138. The topological polar surface area (TPSA) is 87.2 Å². The molecule has 1 N–H and O–H groups in total. The molecule has 0 spiro atoms. The Labute approximate surface area is 234 Å². The summed E-state index contributed by atoms with van der Waals surface area (Å²) < 4.78 is 74.6. The van der Waals surface area contributed by atoms with E-state index < -0.39 is 38.7 Å². The van der Waals surface area contributed by atoms with Gasteiger partial charge in [0, 0.05) is 25.4 Å². The number of aliphatic carboxylic acids is 1. The van der Waals surface area contributed by atoms with Gasteiger partial charge in [0.1, 0.15) is 11.9 Å². The second-order valence-corrected chi connectivity index (χ2v) is 12.2. The molecule has 0 radical (unpaired) electrons. The van der Waals surface area contributed by atoms with Crippen molar-refractivity contribution in [1.82, 2.24) is 0 Å². The van der Waals surface area contributed by atoms with Crippen LogP contribution in [0.4, 0.5) is 24.5 Å². The molecular formula is C28H26ClF3N2O5S. The number of para-hydroxylation sites is 1. The number of rotatable bonds is 7. The lowest BCUT2D eigenvalue weighted by atomic mass is 9.89. The SMILES string of the molecule is Cc1cccc(Cl)c1N1CC(c2ccc3c(c2)N(S(=O)(=O)c2cccc(C(F)(F)F)c2)CC(CCC(=O)O)O3)C1. The Bertz CT molecular complexity index is 1540. The van der Waals surface area contributed by atoms with Crippen molar-refractivity contribution in [2.24, 2.45) is 0 Å². The summed E-state index contributed by atoms with van der Waals surface area (Å²) in [7, 11) is -4.45. The van der Waals surface area contributed by atoms with Crippen LogP contribution in [0.3, 0.4) is 0 Å². The number of aryl methyl sites for hydroxylation is 1. The molecule has 2 aliphatic heterocycles. The minimum Gasteiger partial charge on any atom is -0.486 e. The molecule has 7 nitrogen and oxygen atoms in total. The van der Waals surface area contributed by atoms with Crippen molar-refractivity contribution in [3.05, 3.63) is 82.4 Å². The summed E-state index contributed by atoms with van der Waals surface area (Å²) in [6.07, 6.45) is -5.74. The number of benzene rings is 3. The lowest BCUT2D eigenvalue weighted by Crippen LogP contribution is -2.46. The summed E-state index contributed by atoms with van der Waals surface area (Å²) in [6, 6.07) is 14.4. The highest BCUT2D eigenvalue weighted by Crippen LogP contribution is 2.43. The van der Waals surface area contributed by atoms with Gasteiger partial charge in [-0.1, -0.05) is 35.9 Å². The zero-order valence-corrected chi connectivity index (χ0v) is 22.9. The largest absolute Gasteiger partial charge is 0.486 e. The predicted octanol–water partition coefficient (Wildman–Crippen LogP) is 6.09. The zero-order chi connectivity index (χ0) is 28.8. The summed E-state index contributed by atoms with van der Waals surface area (Å²) in [6.45, 7) is 3.03. The average molecular weight is 595 g/mol. The summed E-state index contributed by atoms with van der Waals surface area (Å²) in [5, 5.41) is 9.75. The Kier molecular flexibility index (Phi) is 7.39. The van der Waals surface area contributed by atoms with E-state index in [1.165, 1.54) is 0 Å². The third-order valence-corrected chi connectivity index (χ3v) is 9.28. The molecule has 3 aromatic carbocycles. The van der Waals surface area contributed by atoms with Crippen LogP contribution in [0.1, 0.15) is 35.4 Å². The average Bonchev–Trinajstić information content (AvgIpc) is 2.87. The van der Waals surface area contributed by atoms with Crippen LogP contribution in [0.15, 0.2) is 65.6 Å². The Morgan fingerprint density at radius 3 is 2.48 bits per heavy atom. The molecule has 0 aromatic heterocycles. The van der Waals surface area contributed by atoms with Gasteiger partial charge in [-0.15, -0.1) is 0 Å². The van der Waals surface area contributed by atoms with Gasteiger partial charge in [0.25, 0.3) is 10.0 Å². The van der Waals surface area contributed by atoms with Gasteiger partial charge in [0.15, 0.2) is 0 Å². The van der Waals surface area contributed by atoms with Gasteiger partial charge in [-0.25, -0.2) is 8.42 Å². The minimum atomic E-state index is -4.72. The van der Waals surface area contributed by atoms with E-state index >= 15 is 0 Å². The molecule has 40 heavy (non-hydrogen) atoms. The second kappa shape index (κ2) is 10.5. The van der Waals surface area contributed by atoms with Gasteiger partial charge >= 0.3 is 12.1 Å². The maximum absolute atomic E-state index is 13.8.